The van der Waals surface area contributed by atoms with E-state index in [2.05, 4.69) is 10.6 Å². The molecule has 1 aliphatic heterocycles. The summed E-state index contributed by atoms with van der Waals surface area (Å²) in [6.45, 7) is 4.11. The maximum atomic E-state index is 11.6. The van der Waals surface area contributed by atoms with Crippen LogP contribution >= 0.6 is 0 Å². The lowest BCUT2D eigenvalue weighted by Gasteiger charge is -2.24. The second kappa shape index (κ2) is 8.52. The molecule has 0 spiro atoms. The highest BCUT2D eigenvalue weighted by atomic mass is 16.5. The third-order valence-electron chi connectivity index (χ3n) is 5.17. The van der Waals surface area contributed by atoms with E-state index in [0.717, 1.165) is 40.7 Å². The van der Waals surface area contributed by atoms with E-state index in [1.54, 1.807) is 13.8 Å². The molecule has 31 heavy (non-hydrogen) atoms. The predicted molar refractivity (Wildman–Crippen MR) is 125 cm³/mol. The minimum Gasteiger partial charge on any atom is -0.457 e. The summed E-state index contributed by atoms with van der Waals surface area (Å²) < 4.78 is 5.83. The van der Waals surface area contributed by atoms with Crippen molar-refractivity contribution in [2.45, 2.75) is 32.4 Å². The molecule has 0 unspecified atom stereocenters. The Morgan fingerprint density at radius 3 is 2.48 bits per heavy atom. The van der Waals surface area contributed by atoms with Gasteiger partial charge < -0.3 is 21.1 Å². The third-order valence-corrected chi connectivity index (χ3v) is 5.17. The quantitative estimate of drug-likeness (QED) is 0.522. The van der Waals surface area contributed by atoms with Crippen molar-refractivity contribution in [2.75, 3.05) is 10.6 Å². The summed E-state index contributed by atoms with van der Waals surface area (Å²) in [7, 11) is 0. The SMILES string of the molecule is CC(C)(Nc1ccc2c(c1)NC(=NCc1ccc(Oc3ccccc3)cc1)C2)C(N)=O. The van der Waals surface area contributed by atoms with Gasteiger partial charge in [0, 0.05) is 17.8 Å². The van der Waals surface area contributed by atoms with Crippen molar-refractivity contribution in [1.29, 1.82) is 0 Å². The normalized spacial score (nSPS) is 14.1. The Kier molecular flexibility index (Phi) is 5.62. The molecule has 158 valence electrons. The Morgan fingerprint density at radius 1 is 1.06 bits per heavy atom. The molecule has 0 aromatic heterocycles. The number of benzene rings is 3. The average Bonchev–Trinajstić information content (AvgIpc) is 3.16. The first kappa shape index (κ1) is 20.5. The lowest BCUT2D eigenvalue weighted by atomic mass is 10.0. The molecular weight excluding hydrogens is 388 g/mol. The number of amidine groups is 1. The van der Waals surface area contributed by atoms with E-state index in [9.17, 15) is 4.79 Å². The molecule has 6 nitrogen and oxygen atoms in total. The summed E-state index contributed by atoms with van der Waals surface area (Å²) in [6, 6.07) is 23.7. The average molecular weight is 415 g/mol. The maximum absolute atomic E-state index is 11.6. The van der Waals surface area contributed by atoms with Gasteiger partial charge in [0.25, 0.3) is 0 Å². The monoisotopic (exact) mass is 414 g/mol. The molecule has 6 heteroatoms. The number of nitrogens with one attached hydrogen (secondary N) is 2. The number of ether oxygens (including phenoxy) is 1. The predicted octanol–water partition coefficient (Wildman–Crippen LogP) is 4.72. The van der Waals surface area contributed by atoms with E-state index in [0.29, 0.717) is 6.54 Å². The number of rotatable bonds is 7. The molecule has 4 rings (SSSR count). The number of hydrogen-bond donors (Lipinski definition) is 3. The maximum Gasteiger partial charge on any atom is 0.242 e. The summed E-state index contributed by atoms with van der Waals surface area (Å²) in [5.41, 5.74) is 8.75. The molecular formula is C25H26N4O2. The zero-order chi connectivity index (χ0) is 21.8. The first-order valence-corrected chi connectivity index (χ1v) is 10.2. The molecule has 4 N–H and O–H groups in total. The second-order valence-corrected chi connectivity index (χ2v) is 8.11. The molecule has 0 saturated carbocycles. The van der Waals surface area contributed by atoms with Gasteiger partial charge in [-0.1, -0.05) is 36.4 Å². The van der Waals surface area contributed by atoms with E-state index in [4.69, 9.17) is 15.5 Å². The van der Waals surface area contributed by atoms with Gasteiger partial charge in [0.15, 0.2) is 0 Å². The first-order chi connectivity index (χ1) is 14.9. The first-order valence-electron chi connectivity index (χ1n) is 10.2. The lowest BCUT2D eigenvalue weighted by Crippen LogP contribution is -2.45. The van der Waals surface area contributed by atoms with E-state index in [-0.39, 0.29) is 0 Å². The van der Waals surface area contributed by atoms with Crippen LogP contribution in [0.3, 0.4) is 0 Å². The van der Waals surface area contributed by atoms with Crippen LogP contribution in [-0.4, -0.2) is 17.3 Å². The van der Waals surface area contributed by atoms with Gasteiger partial charge in [-0.05, 0) is 61.4 Å². The molecule has 0 radical (unpaired) electrons. The van der Waals surface area contributed by atoms with E-state index in [1.165, 1.54) is 5.56 Å². The molecule has 0 fully saturated rings. The largest absolute Gasteiger partial charge is 0.457 e. The smallest absolute Gasteiger partial charge is 0.242 e. The number of hydrogen-bond acceptors (Lipinski definition) is 4. The molecule has 0 atom stereocenters. The lowest BCUT2D eigenvalue weighted by molar-refractivity contribution is -0.121. The standard InChI is InChI=1S/C25H26N4O2/c1-25(2,24(26)30)29-19-11-10-18-14-23(28-22(18)15-19)27-16-17-8-12-21(13-9-17)31-20-6-4-3-5-7-20/h3-13,15,29H,14,16H2,1-2H3,(H2,26,30)(H,27,28). The van der Waals surface area contributed by atoms with Gasteiger partial charge >= 0.3 is 0 Å². The molecule has 3 aromatic rings. The second-order valence-electron chi connectivity index (χ2n) is 8.11. The molecule has 1 heterocycles. The number of para-hydroxylation sites is 1. The van der Waals surface area contributed by atoms with Crippen molar-refractivity contribution in [3.63, 3.8) is 0 Å². The highest BCUT2D eigenvalue weighted by molar-refractivity contribution is 6.03. The minimum atomic E-state index is -0.819. The van der Waals surface area contributed by atoms with Crippen LogP contribution in [0.1, 0.15) is 25.0 Å². The van der Waals surface area contributed by atoms with Gasteiger partial charge in [-0.2, -0.15) is 0 Å². The molecule has 0 bridgehead atoms. The van der Waals surface area contributed by atoms with Gasteiger partial charge in [-0.3, -0.25) is 9.79 Å². The van der Waals surface area contributed by atoms with Crippen LogP contribution in [0.2, 0.25) is 0 Å². The van der Waals surface area contributed by atoms with Gasteiger partial charge in [-0.15, -0.1) is 0 Å². The van der Waals surface area contributed by atoms with E-state index in [1.807, 2.05) is 72.8 Å². The Hall–Kier alpha value is -3.80. The molecule has 1 aliphatic rings. The Bertz CT molecular complexity index is 1110. The fourth-order valence-electron chi connectivity index (χ4n) is 3.30. The summed E-state index contributed by atoms with van der Waals surface area (Å²) in [5.74, 6) is 2.14. The fourth-order valence-corrected chi connectivity index (χ4v) is 3.30. The van der Waals surface area contributed by atoms with Gasteiger partial charge in [0.05, 0.1) is 6.54 Å². The number of amides is 1. The third kappa shape index (κ3) is 5.04. The zero-order valence-corrected chi connectivity index (χ0v) is 17.7. The van der Waals surface area contributed by atoms with Crippen molar-refractivity contribution in [3.05, 3.63) is 83.9 Å². The summed E-state index contributed by atoms with van der Waals surface area (Å²) >= 11 is 0. The van der Waals surface area contributed by atoms with Crippen molar-refractivity contribution >= 4 is 23.1 Å². The van der Waals surface area contributed by atoms with E-state index >= 15 is 0 Å². The van der Waals surface area contributed by atoms with Crippen molar-refractivity contribution in [1.82, 2.24) is 0 Å². The summed E-state index contributed by atoms with van der Waals surface area (Å²) in [5, 5.41) is 6.55. The Morgan fingerprint density at radius 2 is 1.77 bits per heavy atom. The number of aliphatic imine (C=N–C) groups is 1. The van der Waals surface area contributed by atoms with Gasteiger partial charge in [-0.25, -0.2) is 0 Å². The summed E-state index contributed by atoms with van der Waals surface area (Å²) in [6.07, 6.45) is 0.754. The highest BCUT2D eigenvalue weighted by Gasteiger charge is 2.25. The van der Waals surface area contributed by atoms with Crippen LogP contribution in [0.4, 0.5) is 11.4 Å². The number of anilines is 2. The van der Waals surface area contributed by atoms with Crippen LogP contribution in [-0.2, 0) is 17.8 Å². The number of nitrogens with zero attached hydrogens (tertiary/aromatic N) is 1. The molecule has 1 amide bonds. The van der Waals surface area contributed by atoms with Crippen molar-refractivity contribution in [2.24, 2.45) is 10.7 Å². The topological polar surface area (TPSA) is 88.7 Å². The van der Waals surface area contributed by atoms with Crippen LogP contribution in [0.25, 0.3) is 0 Å². The Balaban J connectivity index is 1.37. The molecule has 0 saturated heterocycles. The number of carbonyl (C=O) groups excluding carboxylic acids is 1. The minimum absolute atomic E-state index is 0.400. The van der Waals surface area contributed by atoms with Crippen LogP contribution in [0.5, 0.6) is 11.5 Å². The van der Waals surface area contributed by atoms with Crippen LogP contribution in [0.15, 0.2) is 77.8 Å². The van der Waals surface area contributed by atoms with Gasteiger partial charge in [0.2, 0.25) is 5.91 Å². The highest BCUT2D eigenvalue weighted by Crippen LogP contribution is 2.28. The van der Waals surface area contributed by atoms with Crippen molar-refractivity contribution < 1.29 is 9.53 Å². The zero-order valence-electron chi connectivity index (χ0n) is 17.7. The van der Waals surface area contributed by atoms with E-state index < -0.39 is 11.4 Å². The van der Waals surface area contributed by atoms with Gasteiger partial charge in [0.1, 0.15) is 22.9 Å². The number of carbonyl (C=O) groups is 1. The number of nitrogens with two attached hydrogens (primary N) is 1. The molecule has 0 aliphatic carbocycles. The number of fused-ring (bicyclic) bond motifs is 1. The molecule has 3 aromatic carbocycles. The summed E-state index contributed by atoms with van der Waals surface area (Å²) in [4.78, 5) is 16.3. The fraction of sp³-hybridized carbons (Fsp3) is 0.200. The number of primary amides is 1. The van der Waals surface area contributed by atoms with Crippen LogP contribution < -0.4 is 21.1 Å². The Labute approximate surface area is 182 Å². The van der Waals surface area contributed by atoms with Crippen LogP contribution in [0, 0.1) is 0 Å². The van der Waals surface area contributed by atoms with Crippen molar-refractivity contribution in [3.8, 4) is 11.5 Å².